The molecule has 0 aromatic heterocycles. The Hall–Kier alpha value is -1.30. The van der Waals surface area contributed by atoms with Crippen molar-refractivity contribution in [2.24, 2.45) is 11.7 Å². The van der Waals surface area contributed by atoms with Crippen LogP contribution in [0.2, 0.25) is 0 Å². The van der Waals surface area contributed by atoms with Crippen LogP contribution in [0, 0.1) is 11.7 Å². The highest BCUT2D eigenvalue weighted by molar-refractivity contribution is 5.44. The van der Waals surface area contributed by atoms with Gasteiger partial charge in [-0.3, -0.25) is 0 Å². The van der Waals surface area contributed by atoms with Crippen molar-refractivity contribution in [2.75, 3.05) is 18.4 Å². The Morgan fingerprint density at radius 3 is 2.38 bits per heavy atom. The van der Waals surface area contributed by atoms with Crippen LogP contribution in [0.25, 0.3) is 0 Å². The zero-order chi connectivity index (χ0) is 12.2. The molecule has 1 aromatic rings. The van der Waals surface area contributed by atoms with Gasteiger partial charge in [-0.2, -0.15) is 13.2 Å². The summed E-state index contributed by atoms with van der Waals surface area (Å²) in [6.07, 6.45) is -4.37. The number of alkyl halides is 3. The minimum atomic E-state index is -4.37. The van der Waals surface area contributed by atoms with Gasteiger partial charge >= 0.3 is 6.18 Å². The molecule has 0 amide bonds. The van der Waals surface area contributed by atoms with Gasteiger partial charge in [-0.1, -0.05) is 12.1 Å². The van der Waals surface area contributed by atoms with E-state index in [-0.39, 0.29) is 5.69 Å². The van der Waals surface area contributed by atoms with Crippen molar-refractivity contribution in [1.29, 1.82) is 0 Å². The molecule has 90 valence electrons. The molecular weight excluding hydrogens is 224 g/mol. The van der Waals surface area contributed by atoms with Crippen LogP contribution in [0.15, 0.2) is 24.3 Å². The monoisotopic (exact) mass is 236 g/mol. The molecule has 1 unspecified atom stereocenters. The first kappa shape index (κ1) is 12.8. The summed E-state index contributed by atoms with van der Waals surface area (Å²) in [5, 5.41) is 2.40. The first-order valence-electron chi connectivity index (χ1n) is 4.70. The Balaban J connectivity index is 2.60. The zero-order valence-corrected chi connectivity index (χ0v) is 8.39. The molecule has 0 fully saturated rings. The van der Waals surface area contributed by atoms with Gasteiger partial charge in [0.1, 0.15) is 5.82 Å². The predicted molar refractivity (Wildman–Crippen MR) is 53.5 cm³/mol. The van der Waals surface area contributed by atoms with Crippen molar-refractivity contribution in [3.8, 4) is 0 Å². The first-order valence-corrected chi connectivity index (χ1v) is 4.70. The molecule has 2 nitrogen and oxygen atoms in total. The third kappa shape index (κ3) is 3.37. The van der Waals surface area contributed by atoms with E-state index in [9.17, 15) is 17.6 Å². The SMILES string of the molecule is NCC(CNc1ccccc1F)C(F)(F)F. The summed E-state index contributed by atoms with van der Waals surface area (Å²) in [6, 6.07) is 5.55. The minimum Gasteiger partial charge on any atom is -0.382 e. The number of anilines is 1. The molecule has 0 saturated heterocycles. The molecule has 0 spiro atoms. The molecule has 0 aliphatic rings. The second-order valence-electron chi connectivity index (χ2n) is 3.33. The number of nitrogens with two attached hydrogens (primary N) is 1. The summed E-state index contributed by atoms with van der Waals surface area (Å²) in [5.41, 5.74) is 5.05. The zero-order valence-electron chi connectivity index (χ0n) is 8.39. The highest BCUT2D eigenvalue weighted by atomic mass is 19.4. The van der Waals surface area contributed by atoms with E-state index in [2.05, 4.69) is 5.32 Å². The minimum absolute atomic E-state index is 0.0465. The lowest BCUT2D eigenvalue weighted by molar-refractivity contribution is -0.167. The van der Waals surface area contributed by atoms with Crippen LogP contribution in [0.1, 0.15) is 0 Å². The van der Waals surface area contributed by atoms with Gasteiger partial charge in [0.05, 0.1) is 11.6 Å². The van der Waals surface area contributed by atoms with Gasteiger partial charge in [-0.05, 0) is 12.1 Å². The number of hydrogen-bond donors (Lipinski definition) is 2. The second kappa shape index (κ2) is 5.16. The van der Waals surface area contributed by atoms with E-state index in [1.807, 2.05) is 0 Å². The average molecular weight is 236 g/mol. The fraction of sp³-hybridized carbons (Fsp3) is 0.400. The number of rotatable bonds is 4. The molecule has 3 N–H and O–H groups in total. The normalized spacial score (nSPS) is 13.6. The Morgan fingerprint density at radius 2 is 1.88 bits per heavy atom. The van der Waals surface area contributed by atoms with Gasteiger partial charge in [-0.25, -0.2) is 4.39 Å². The average Bonchev–Trinajstić information content (AvgIpc) is 2.19. The van der Waals surface area contributed by atoms with E-state index in [1.165, 1.54) is 24.3 Å². The van der Waals surface area contributed by atoms with E-state index in [0.717, 1.165) is 0 Å². The summed E-state index contributed by atoms with van der Waals surface area (Å²) in [4.78, 5) is 0. The van der Waals surface area contributed by atoms with Crippen LogP contribution >= 0.6 is 0 Å². The molecule has 0 radical (unpaired) electrons. The van der Waals surface area contributed by atoms with Gasteiger partial charge in [0, 0.05) is 13.1 Å². The predicted octanol–water partition coefficient (Wildman–Crippen LogP) is 2.37. The fourth-order valence-corrected chi connectivity index (χ4v) is 1.17. The second-order valence-corrected chi connectivity index (χ2v) is 3.33. The summed E-state index contributed by atoms with van der Waals surface area (Å²) < 4.78 is 50.0. The molecule has 1 aromatic carbocycles. The third-order valence-electron chi connectivity index (χ3n) is 2.16. The smallest absolute Gasteiger partial charge is 0.382 e. The lowest BCUT2D eigenvalue weighted by Gasteiger charge is -2.19. The molecule has 1 atom stereocenters. The third-order valence-corrected chi connectivity index (χ3v) is 2.16. The number of benzene rings is 1. The summed E-state index contributed by atoms with van der Waals surface area (Å²) >= 11 is 0. The lowest BCUT2D eigenvalue weighted by atomic mass is 10.1. The Bertz CT molecular complexity index is 338. The molecule has 0 bridgehead atoms. The van der Waals surface area contributed by atoms with E-state index >= 15 is 0 Å². The molecule has 0 heterocycles. The molecule has 0 saturated carbocycles. The Morgan fingerprint density at radius 1 is 1.25 bits per heavy atom. The number of halogens is 4. The molecule has 0 aliphatic heterocycles. The topological polar surface area (TPSA) is 38.0 Å². The maximum Gasteiger partial charge on any atom is 0.394 e. The van der Waals surface area contributed by atoms with Crippen LogP contribution < -0.4 is 11.1 Å². The van der Waals surface area contributed by atoms with Crippen molar-refractivity contribution >= 4 is 5.69 Å². The van der Waals surface area contributed by atoms with E-state index < -0.39 is 31.0 Å². The first-order chi connectivity index (χ1) is 7.45. The summed E-state index contributed by atoms with van der Waals surface area (Å²) in [5.74, 6) is -2.26. The van der Waals surface area contributed by atoms with Gasteiger partial charge in [0.2, 0.25) is 0 Å². The van der Waals surface area contributed by atoms with E-state index in [4.69, 9.17) is 5.73 Å². The number of para-hydroxylation sites is 1. The van der Waals surface area contributed by atoms with Gasteiger partial charge in [0.25, 0.3) is 0 Å². The van der Waals surface area contributed by atoms with Crippen LogP contribution in [-0.2, 0) is 0 Å². The molecular formula is C10H12F4N2. The van der Waals surface area contributed by atoms with Crippen molar-refractivity contribution in [3.05, 3.63) is 30.1 Å². The largest absolute Gasteiger partial charge is 0.394 e. The van der Waals surface area contributed by atoms with Crippen molar-refractivity contribution in [2.45, 2.75) is 6.18 Å². The van der Waals surface area contributed by atoms with Crippen LogP contribution in [0.3, 0.4) is 0 Å². The Kier molecular flexibility index (Phi) is 4.12. The van der Waals surface area contributed by atoms with Gasteiger partial charge in [0.15, 0.2) is 0 Å². The summed E-state index contributed by atoms with van der Waals surface area (Å²) in [6.45, 7) is -0.952. The molecule has 16 heavy (non-hydrogen) atoms. The molecule has 1 rings (SSSR count). The van der Waals surface area contributed by atoms with Gasteiger partial charge in [-0.15, -0.1) is 0 Å². The van der Waals surface area contributed by atoms with Crippen LogP contribution in [0.5, 0.6) is 0 Å². The van der Waals surface area contributed by atoms with Crippen LogP contribution in [0.4, 0.5) is 23.2 Å². The maximum atomic E-state index is 13.1. The van der Waals surface area contributed by atoms with Crippen molar-refractivity contribution in [1.82, 2.24) is 0 Å². The molecule has 6 heteroatoms. The van der Waals surface area contributed by atoms with Gasteiger partial charge < -0.3 is 11.1 Å². The highest BCUT2D eigenvalue weighted by Gasteiger charge is 2.38. The fourth-order valence-electron chi connectivity index (χ4n) is 1.17. The van der Waals surface area contributed by atoms with E-state index in [1.54, 1.807) is 0 Å². The summed E-state index contributed by atoms with van der Waals surface area (Å²) in [7, 11) is 0. The standard InChI is InChI=1S/C10H12F4N2/c11-8-3-1-2-4-9(8)16-6-7(5-15)10(12,13)14/h1-4,7,16H,5-6,15H2. The Labute approximate surface area is 90.4 Å². The van der Waals surface area contributed by atoms with E-state index in [0.29, 0.717) is 0 Å². The maximum absolute atomic E-state index is 13.1. The molecule has 0 aliphatic carbocycles. The van der Waals surface area contributed by atoms with Crippen molar-refractivity contribution < 1.29 is 17.6 Å². The number of hydrogen-bond acceptors (Lipinski definition) is 2. The van der Waals surface area contributed by atoms with Crippen LogP contribution in [-0.4, -0.2) is 19.3 Å². The lowest BCUT2D eigenvalue weighted by Crippen LogP contribution is -2.35. The quantitative estimate of drug-likeness (QED) is 0.788. The van der Waals surface area contributed by atoms with Crippen molar-refractivity contribution in [3.63, 3.8) is 0 Å². The number of nitrogens with one attached hydrogen (secondary N) is 1. The highest BCUT2D eigenvalue weighted by Crippen LogP contribution is 2.26.